The van der Waals surface area contributed by atoms with Crippen LogP contribution in [0.3, 0.4) is 0 Å². The summed E-state index contributed by atoms with van der Waals surface area (Å²) in [7, 11) is 1.88. The van der Waals surface area contributed by atoms with E-state index in [0.717, 1.165) is 61.7 Å². The first-order valence-electron chi connectivity index (χ1n) is 8.89. The minimum absolute atomic E-state index is 0.120. The van der Waals surface area contributed by atoms with Crippen LogP contribution in [0.15, 0.2) is 0 Å². The van der Waals surface area contributed by atoms with Crippen molar-refractivity contribution in [2.45, 2.75) is 70.2 Å². The minimum Gasteiger partial charge on any atom is -0.391 e. The van der Waals surface area contributed by atoms with Crippen LogP contribution in [0.1, 0.15) is 49.8 Å². The number of hydrogen-bond donors (Lipinski definition) is 2. The van der Waals surface area contributed by atoms with Crippen molar-refractivity contribution >= 4 is 11.6 Å². The summed E-state index contributed by atoms with van der Waals surface area (Å²) in [6.45, 7) is 4.96. The highest BCUT2D eigenvalue weighted by Gasteiger charge is 2.31. The molecule has 2 heterocycles. The lowest BCUT2D eigenvalue weighted by atomic mass is 9.89. The van der Waals surface area contributed by atoms with E-state index in [1.165, 1.54) is 12.8 Å². The molecule has 5 nitrogen and oxygen atoms in total. The second-order valence-electron chi connectivity index (χ2n) is 7.09. The fourth-order valence-corrected chi connectivity index (χ4v) is 4.32. The molecule has 2 atom stereocenters. The second-order valence-corrected chi connectivity index (χ2v) is 7.45. The van der Waals surface area contributed by atoms with Crippen molar-refractivity contribution < 1.29 is 5.11 Å². The zero-order valence-electron chi connectivity index (χ0n) is 14.3. The summed E-state index contributed by atoms with van der Waals surface area (Å²) in [5, 5.41) is 19.0. The molecule has 0 spiro atoms. The fraction of sp³-hybridized carbons (Fsp3) is 0.824. The molecule has 0 bridgehead atoms. The zero-order chi connectivity index (χ0) is 16.4. The SMILES string of the molecule is Cc1nn(C)c(Cl)c1CNC1CCN(C2CCCCC2O)CC1. The maximum Gasteiger partial charge on any atom is 0.131 e. The Morgan fingerprint density at radius 3 is 2.52 bits per heavy atom. The number of aromatic nitrogens is 2. The Labute approximate surface area is 144 Å². The molecule has 1 aliphatic carbocycles. The molecule has 0 aromatic carbocycles. The van der Waals surface area contributed by atoms with Crippen LogP contribution in [-0.4, -0.2) is 51.1 Å². The van der Waals surface area contributed by atoms with Gasteiger partial charge in [-0.1, -0.05) is 24.4 Å². The Morgan fingerprint density at radius 1 is 1.22 bits per heavy atom. The number of nitrogens with zero attached hydrogens (tertiary/aromatic N) is 3. The van der Waals surface area contributed by atoms with E-state index in [0.29, 0.717) is 12.1 Å². The van der Waals surface area contributed by atoms with Crippen molar-refractivity contribution in [3.63, 3.8) is 0 Å². The van der Waals surface area contributed by atoms with E-state index in [2.05, 4.69) is 15.3 Å². The number of halogens is 1. The minimum atomic E-state index is -0.120. The van der Waals surface area contributed by atoms with E-state index in [1.807, 2.05) is 14.0 Å². The smallest absolute Gasteiger partial charge is 0.131 e. The number of rotatable bonds is 4. The van der Waals surface area contributed by atoms with Crippen molar-refractivity contribution in [2.75, 3.05) is 13.1 Å². The first kappa shape index (κ1) is 17.2. The van der Waals surface area contributed by atoms with Gasteiger partial charge in [-0.15, -0.1) is 0 Å². The summed E-state index contributed by atoms with van der Waals surface area (Å²) in [4.78, 5) is 2.50. The normalized spacial score (nSPS) is 27.5. The lowest BCUT2D eigenvalue weighted by Gasteiger charge is -2.41. The van der Waals surface area contributed by atoms with Gasteiger partial charge in [-0.05, 0) is 32.6 Å². The third-order valence-electron chi connectivity index (χ3n) is 5.53. The highest BCUT2D eigenvalue weighted by Crippen LogP contribution is 2.26. The summed E-state index contributed by atoms with van der Waals surface area (Å²) in [6, 6.07) is 0.919. The first-order valence-corrected chi connectivity index (χ1v) is 9.27. The van der Waals surface area contributed by atoms with Gasteiger partial charge in [-0.25, -0.2) is 0 Å². The molecular weight excluding hydrogens is 312 g/mol. The molecule has 2 aliphatic rings. The molecule has 0 radical (unpaired) electrons. The van der Waals surface area contributed by atoms with Gasteiger partial charge in [0.2, 0.25) is 0 Å². The van der Waals surface area contributed by atoms with E-state index in [-0.39, 0.29) is 6.10 Å². The molecule has 2 fully saturated rings. The lowest BCUT2D eigenvalue weighted by Crippen LogP contribution is -2.51. The molecule has 6 heteroatoms. The Morgan fingerprint density at radius 2 is 1.91 bits per heavy atom. The molecule has 3 rings (SSSR count). The summed E-state index contributed by atoms with van der Waals surface area (Å²) < 4.78 is 1.74. The maximum atomic E-state index is 10.2. The molecule has 1 saturated carbocycles. The number of hydrogen-bond acceptors (Lipinski definition) is 4. The third kappa shape index (κ3) is 3.90. The molecule has 1 aliphatic heterocycles. The highest BCUT2D eigenvalue weighted by atomic mass is 35.5. The average molecular weight is 341 g/mol. The topological polar surface area (TPSA) is 53.3 Å². The van der Waals surface area contributed by atoms with Crippen molar-refractivity contribution in [3.05, 3.63) is 16.4 Å². The van der Waals surface area contributed by atoms with Gasteiger partial charge in [0.05, 0.1) is 11.8 Å². The summed E-state index contributed by atoms with van der Waals surface area (Å²) in [5.41, 5.74) is 2.12. The average Bonchev–Trinajstić information content (AvgIpc) is 2.79. The Balaban J connectivity index is 1.47. The number of aliphatic hydroxyl groups excluding tert-OH is 1. The Hall–Kier alpha value is -0.620. The summed E-state index contributed by atoms with van der Waals surface area (Å²) in [5.74, 6) is 0. The molecule has 1 aromatic heterocycles. The predicted molar refractivity (Wildman–Crippen MR) is 92.7 cm³/mol. The maximum absolute atomic E-state index is 10.2. The number of piperidine rings is 1. The molecule has 2 N–H and O–H groups in total. The molecule has 130 valence electrons. The molecule has 1 saturated heterocycles. The number of nitrogens with one attached hydrogen (secondary N) is 1. The number of aryl methyl sites for hydroxylation is 2. The van der Waals surface area contributed by atoms with Crippen LogP contribution < -0.4 is 5.32 Å². The van der Waals surface area contributed by atoms with E-state index in [9.17, 15) is 5.11 Å². The fourth-order valence-electron chi connectivity index (χ4n) is 4.07. The van der Waals surface area contributed by atoms with E-state index >= 15 is 0 Å². The number of likely N-dealkylation sites (tertiary alicyclic amines) is 1. The van der Waals surface area contributed by atoms with Gasteiger partial charge in [0, 0.05) is 44.3 Å². The largest absolute Gasteiger partial charge is 0.391 e. The van der Waals surface area contributed by atoms with Gasteiger partial charge in [0.1, 0.15) is 5.15 Å². The summed E-state index contributed by atoms with van der Waals surface area (Å²) >= 11 is 6.30. The zero-order valence-corrected chi connectivity index (χ0v) is 15.0. The van der Waals surface area contributed by atoms with Crippen LogP contribution in [0.4, 0.5) is 0 Å². The van der Waals surface area contributed by atoms with Crippen molar-refractivity contribution in [1.82, 2.24) is 20.0 Å². The molecular formula is C17H29ClN4O. The van der Waals surface area contributed by atoms with Crippen molar-refractivity contribution in [2.24, 2.45) is 7.05 Å². The van der Waals surface area contributed by atoms with Gasteiger partial charge >= 0.3 is 0 Å². The Kier molecular flexibility index (Phi) is 5.62. The monoisotopic (exact) mass is 340 g/mol. The van der Waals surface area contributed by atoms with E-state index in [1.54, 1.807) is 4.68 Å². The predicted octanol–water partition coefficient (Wildman–Crippen LogP) is 2.24. The van der Waals surface area contributed by atoms with Crippen LogP contribution in [0.25, 0.3) is 0 Å². The van der Waals surface area contributed by atoms with Crippen molar-refractivity contribution in [3.8, 4) is 0 Å². The van der Waals surface area contributed by atoms with Crippen LogP contribution in [0.2, 0.25) is 5.15 Å². The quantitative estimate of drug-likeness (QED) is 0.882. The Bertz CT molecular complexity index is 525. The third-order valence-corrected chi connectivity index (χ3v) is 6.00. The molecule has 23 heavy (non-hydrogen) atoms. The van der Waals surface area contributed by atoms with Gasteiger partial charge < -0.3 is 10.4 Å². The summed E-state index contributed by atoms with van der Waals surface area (Å²) in [6.07, 6.45) is 6.73. The van der Waals surface area contributed by atoms with E-state index in [4.69, 9.17) is 11.6 Å². The molecule has 2 unspecified atom stereocenters. The second kappa shape index (κ2) is 7.51. The molecule has 1 aromatic rings. The number of aliphatic hydroxyl groups is 1. The van der Waals surface area contributed by atoms with Crippen LogP contribution in [0.5, 0.6) is 0 Å². The van der Waals surface area contributed by atoms with E-state index < -0.39 is 0 Å². The van der Waals surface area contributed by atoms with Crippen LogP contribution >= 0.6 is 11.6 Å². The lowest BCUT2D eigenvalue weighted by molar-refractivity contribution is 0.00714. The van der Waals surface area contributed by atoms with Gasteiger partial charge in [0.15, 0.2) is 0 Å². The standard InChI is InChI=1S/C17H29ClN4O/c1-12-14(17(18)21(2)20-12)11-19-13-7-9-22(10-8-13)15-5-3-4-6-16(15)23/h13,15-16,19,23H,3-11H2,1-2H3. The van der Waals surface area contributed by atoms with Gasteiger partial charge in [-0.3, -0.25) is 9.58 Å². The highest BCUT2D eigenvalue weighted by molar-refractivity contribution is 6.30. The molecule has 0 amide bonds. The van der Waals surface area contributed by atoms with Gasteiger partial charge in [-0.2, -0.15) is 5.10 Å². The first-order chi connectivity index (χ1) is 11.1. The van der Waals surface area contributed by atoms with Crippen molar-refractivity contribution in [1.29, 1.82) is 0 Å². The van der Waals surface area contributed by atoms with Crippen LogP contribution in [-0.2, 0) is 13.6 Å². The van der Waals surface area contributed by atoms with Crippen LogP contribution in [0, 0.1) is 6.92 Å². The van der Waals surface area contributed by atoms with Gasteiger partial charge in [0.25, 0.3) is 0 Å².